The van der Waals surface area contributed by atoms with Crippen LogP contribution in [0.2, 0.25) is 5.02 Å². The molecule has 0 fully saturated rings. The molecule has 1 aromatic carbocycles. The highest BCUT2D eigenvalue weighted by molar-refractivity contribution is 9.10. The zero-order valence-corrected chi connectivity index (χ0v) is 13.7. The average Bonchev–Trinajstić information content (AvgIpc) is 2.34. The summed E-state index contributed by atoms with van der Waals surface area (Å²) in [6.45, 7) is 7.40. The van der Waals surface area contributed by atoms with E-state index in [0.717, 1.165) is 35.6 Å². The summed E-state index contributed by atoms with van der Waals surface area (Å²) in [4.78, 5) is 2.32. The molecule has 2 nitrogen and oxygen atoms in total. The van der Waals surface area contributed by atoms with Gasteiger partial charge >= 0.3 is 0 Å². The van der Waals surface area contributed by atoms with Crippen molar-refractivity contribution in [3.05, 3.63) is 33.3 Å². The molecule has 1 unspecified atom stereocenters. The second-order valence-electron chi connectivity index (χ2n) is 4.46. The lowest BCUT2D eigenvalue weighted by Gasteiger charge is -2.22. The van der Waals surface area contributed by atoms with Gasteiger partial charge in [-0.2, -0.15) is 0 Å². The summed E-state index contributed by atoms with van der Waals surface area (Å²) in [6, 6.07) is 6.44. The van der Waals surface area contributed by atoms with Crippen molar-refractivity contribution >= 4 is 27.5 Å². The zero-order chi connectivity index (χ0) is 13.5. The van der Waals surface area contributed by atoms with Crippen LogP contribution in [0.15, 0.2) is 22.7 Å². The quantitative estimate of drug-likeness (QED) is 0.808. The van der Waals surface area contributed by atoms with Gasteiger partial charge in [0, 0.05) is 15.5 Å². The summed E-state index contributed by atoms with van der Waals surface area (Å²) in [6.07, 6.45) is 1.07. The van der Waals surface area contributed by atoms with Crippen LogP contribution < -0.4 is 5.32 Å². The van der Waals surface area contributed by atoms with E-state index in [1.807, 2.05) is 6.07 Å². The highest BCUT2D eigenvalue weighted by Crippen LogP contribution is 2.28. The Morgan fingerprint density at radius 3 is 2.67 bits per heavy atom. The Balaban J connectivity index is 2.76. The van der Waals surface area contributed by atoms with Gasteiger partial charge in [-0.3, -0.25) is 0 Å². The SMILES string of the molecule is CCNC(CCN(C)CC)c1ccc(Br)cc1Cl. The average molecular weight is 334 g/mol. The standard InChI is InChI=1S/C14H22BrClN2/c1-4-17-14(8-9-18(3)5-2)12-7-6-11(15)10-13(12)16/h6-7,10,14,17H,4-5,8-9H2,1-3H3. The number of rotatable bonds is 7. The van der Waals surface area contributed by atoms with Gasteiger partial charge in [-0.05, 0) is 50.8 Å². The topological polar surface area (TPSA) is 15.3 Å². The molecule has 102 valence electrons. The summed E-state index contributed by atoms with van der Waals surface area (Å²) in [5.41, 5.74) is 1.19. The van der Waals surface area contributed by atoms with Crippen LogP contribution in [0.25, 0.3) is 0 Å². The van der Waals surface area contributed by atoms with Gasteiger partial charge in [0.05, 0.1) is 0 Å². The van der Waals surface area contributed by atoms with Gasteiger partial charge in [0.25, 0.3) is 0 Å². The summed E-state index contributed by atoms with van der Waals surface area (Å²) < 4.78 is 1.03. The van der Waals surface area contributed by atoms with E-state index in [1.54, 1.807) is 0 Å². The molecule has 0 aliphatic heterocycles. The lowest BCUT2D eigenvalue weighted by Crippen LogP contribution is -2.27. The van der Waals surface area contributed by atoms with E-state index >= 15 is 0 Å². The minimum Gasteiger partial charge on any atom is -0.310 e. The lowest BCUT2D eigenvalue weighted by molar-refractivity contribution is 0.322. The van der Waals surface area contributed by atoms with Gasteiger partial charge in [-0.1, -0.05) is 47.4 Å². The highest BCUT2D eigenvalue weighted by Gasteiger charge is 2.14. The van der Waals surface area contributed by atoms with Gasteiger partial charge in [0.2, 0.25) is 0 Å². The van der Waals surface area contributed by atoms with E-state index in [9.17, 15) is 0 Å². The molecule has 0 spiro atoms. The van der Waals surface area contributed by atoms with E-state index in [2.05, 4.69) is 59.2 Å². The van der Waals surface area contributed by atoms with Gasteiger partial charge < -0.3 is 10.2 Å². The summed E-state index contributed by atoms with van der Waals surface area (Å²) in [5.74, 6) is 0. The molecule has 1 atom stereocenters. The van der Waals surface area contributed by atoms with Crippen LogP contribution >= 0.6 is 27.5 Å². The number of nitrogens with zero attached hydrogens (tertiary/aromatic N) is 1. The fraction of sp³-hybridized carbons (Fsp3) is 0.571. The minimum atomic E-state index is 0.324. The molecule has 0 saturated carbocycles. The number of halogens is 2. The smallest absolute Gasteiger partial charge is 0.0465 e. The number of hydrogen-bond donors (Lipinski definition) is 1. The Labute approximate surface area is 124 Å². The predicted molar refractivity (Wildman–Crippen MR) is 83.4 cm³/mol. The Kier molecular flexibility index (Phi) is 7.23. The maximum absolute atomic E-state index is 6.33. The van der Waals surface area contributed by atoms with Crippen LogP contribution in [-0.2, 0) is 0 Å². The Bertz CT molecular complexity index is 371. The molecule has 0 amide bonds. The first-order chi connectivity index (χ1) is 8.58. The summed E-state index contributed by atoms with van der Waals surface area (Å²) in [5, 5.41) is 4.34. The first-order valence-corrected chi connectivity index (χ1v) is 7.62. The second kappa shape index (κ2) is 8.16. The third-order valence-electron chi connectivity index (χ3n) is 3.13. The van der Waals surface area contributed by atoms with E-state index in [-0.39, 0.29) is 0 Å². The van der Waals surface area contributed by atoms with Crippen LogP contribution in [0, 0.1) is 0 Å². The predicted octanol–water partition coefficient (Wildman–Crippen LogP) is 4.09. The maximum Gasteiger partial charge on any atom is 0.0465 e. The van der Waals surface area contributed by atoms with Gasteiger partial charge in [0.1, 0.15) is 0 Å². The molecule has 1 N–H and O–H groups in total. The van der Waals surface area contributed by atoms with Crippen molar-refractivity contribution in [2.75, 3.05) is 26.7 Å². The lowest BCUT2D eigenvalue weighted by atomic mass is 10.0. The largest absolute Gasteiger partial charge is 0.310 e. The Morgan fingerprint density at radius 1 is 1.39 bits per heavy atom. The van der Waals surface area contributed by atoms with Crippen molar-refractivity contribution in [3.8, 4) is 0 Å². The molecule has 1 rings (SSSR count). The van der Waals surface area contributed by atoms with Gasteiger partial charge in [0.15, 0.2) is 0 Å². The summed E-state index contributed by atoms with van der Waals surface area (Å²) >= 11 is 9.77. The molecule has 1 aromatic rings. The maximum atomic E-state index is 6.33. The molecule has 4 heteroatoms. The van der Waals surface area contributed by atoms with Crippen molar-refractivity contribution in [2.45, 2.75) is 26.3 Å². The Morgan fingerprint density at radius 2 is 2.11 bits per heavy atom. The second-order valence-corrected chi connectivity index (χ2v) is 5.78. The normalized spacial score (nSPS) is 13.0. The van der Waals surface area contributed by atoms with E-state index in [0.29, 0.717) is 6.04 Å². The van der Waals surface area contributed by atoms with Crippen molar-refractivity contribution in [1.29, 1.82) is 0 Å². The first-order valence-electron chi connectivity index (χ1n) is 6.45. The molecular weight excluding hydrogens is 312 g/mol. The monoisotopic (exact) mass is 332 g/mol. The molecule has 0 saturated heterocycles. The zero-order valence-electron chi connectivity index (χ0n) is 11.3. The van der Waals surface area contributed by atoms with Crippen molar-refractivity contribution in [3.63, 3.8) is 0 Å². The minimum absolute atomic E-state index is 0.324. The van der Waals surface area contributed by atoms with Crippen LogP contribution in [0.1, 0.15) is 31.9 Å². The molecular formula is C14H22BrClN2. The molecule has 0 aliphatic carbocycles. The van der Waals surface area contributed by atoms with Crippen LogP contribution in [0.5, 0.6) is 0 Å². The summed E-state index contributed by atoms with van der Waals surface area (Å²) in [7, 11) is 2.15. The fourth-order valence-corrected chi connectivity index (χ4v) is 2.71. The number of nitrogens with one attached hydrogen (secondary N) is 1. The molecule has 0 aliphatic rings. The van der Waals surface area contributed by atoms with Gasteiger partial charge in [-0.25, -0.2) is 0 Å². The third-order valence-corrected chi connectivity index (χ3v) is 3.95. The van der Waals surface area contributed by atoms with Crippen molar-refractivity contribution < 1.29 is 0 Å². The fourth-order valence-electron chi connectivity index (χ4n) is 1.91. The highest BCUT2D eigenvalue weighted by atomic mass is 79.9. The first kappa shape index (κ1) is 16.0. The Hall–Kier alpha value is -0.0900. The van der Waals surface area contributed by atoms with Crippen molar-refractivity contribution in [2.24, 2.45) is 0 Å². The van der Waals surface area contributed by atoms with E-state index in [4.69, 9.17) is 11.6 Å². The van der Waals surface area contributed by atoms with Crippen LogP contribution in [0.3, 0.4) is 0 Å². The van der Waals surface area contributed by atoms with E-state index < -0.39 is 0 Å². The molecule has 18 heavy (non-hydrogen) atoms. The molecule has 0 radical (unpaired) electrons. The van der Waals surface area contributed by atoms with Crippen LogP contribution in [0.4, 0.5) is 0 Å². The molecule has 0 bridgehead atoms. The number of benzene rings is 1. The molecule has 0 heterocycles. The van der Waals surface area contributed by atoms with Gasteiger partial charge in [-0.15, -0.1) is 0 Å². The molecule has 0 aromatic heterocycles. The van der Waals surface area contributed by atoms with E-state index in [1.165, 1.54) is 5.56 Å². The number of hydrogen-bond acceptors (Lipinski definition) is 2. The van der Waals surface area contributed by atoms with Crippen LogP contribution in [-0.4, -0.2) is 31.6 Å². The van der Waals surface area contributed by atoms with Crippen molar-refractivity contribution in [1.82, 2.24) is 10.2 Å². The third kappa shape index (κ3) is 4.88.